The number of aromatic nitrogens is 1. The van der Waals surface area contributed by atoms with Crippen LogP contribution in [0.5, 0.6) is 0 Å². The number of benzene rings is 1. The second-order valence-electron chi connectivity index (χ2n) is 5.42. The van der Waals surface area contributed by atoms with E-state index in [1.165, 1.54) is 0 Å². The van der Waals surface area contributed by atoms with E-state index < -0.39 is 0 Å². The number of hydrogen-bond donors (Lipinski definition) is 0. The summed E-state index contributed by atoms with van der Waals surface area (Å²) < 4.78 is 0. The number of nitrogens with zero attached hydrogens (tertiary/aromatic N) is 2. The predicted molar refractivity (Wildman–Crippen MR) is 83.0 cm³/mol. The molecule has 0 aliphatic heterocycles. The lowest BCUT2D eigenvalue weighted by Crippen LogP contribution is -2.33. The van der Waals surface area contributed by atoms with Gasteiger partial charge in [0.25, 0.3) is 0 Å². The highest BCUT2D eigenvalue weighted by molar-refractivity contribution is 6.30. The fourth-order valence-corrected chi connectivity index (χ4v) is 2.63. The number of halogens is 1. The third-order valence-electron chi connectivity index (χ3n) is 3.63. The van der Waals surface area contributed by atoms with E-state index in [0.717, 1.165) is 24.0 Å². The molecule has 0 atom stereocenters. The lowest BCUT2D eigenvalue weighted by molar-refractivity contribution is -0.131. The largest absolute Gasteiger partial charge is 0.335 e. The fourth-order valence-electron chi connectivity index (χ4n) is 2.42. The topological polar surface area (TPSA) is 33.2 Å². The van der Waals surface area contributed by atoms with Crippen molar-refractivity contribution in [3.05, 3.63) is 64.9 Å². The van der Waals surface area contributed by atoms with Crippen molar-refractivity contribution >= 4 is 17.5 Å². The second-order valence-corrected chi connectivity index (χ2v) is 5.86. The Morgan fingerprint density at radius 2 is 2.05 bits per heavy atom. The summed E-state index contributed by atoms with van der Waals surface area (Å²) in [4.78, 5) is 18.7. The van der Waals surface area contributed by atoms with E-state index in [1.54, 1.807) is 6.20 Å². The van der Waals surface area contributed by atoms with Gasteiger partial charge in [0, 0.05) is 30.0 Å². The number of amides is 1. The molecule has 0 bridgehead atoms. The number of carbonyl (C=O) groups excluding carboxylic acids is 1. The van der Waals surface area contributed by atoms with E-state index in [4.69, 9.17) is 11.6 Å². The highest BCUT2D eigenvalue weighted by Crippen LogP contribution is 2.29. The highest BCUT2D eigenvalue weighted by atomic mass is 35.5. The molecule has 1 saturated carbocycles. The molecular formula is C17H17ClN2O. The minimum absolute atomic E-state index is 0.156. The Morgan fingerprint density at radius 1 is 1.24 bits per heavy atom. The maximum absolute atomic E-state index is 12.6. The van der Waals surface area contributed by atoms with Gasteiger partial charge in [-0.05, 0) is 42.2 Å². The molecule has 1 aliphatic rings. The van der Waals surface area contributed by atoms with Crippen molar-refractivity contribution in [2.75, 3.05) is 0 Å². The van der Waals surface area contributed by atoms with Crippen molar-refractivity contribution in [2.24, 2.45) is 0 Å². The van der Waals surface area contributed by atoms with Gasteiger partial charge in [0.2, 0.25) is 5.91 Å². The van der Waals surface area contributed by atoms with Crippen LogP contribution in [0.3, 0.4) is 0 Å². The normalized spacial score (nSPS) is 14.0. The molecule has 1 heterocycles. The zero-order valence-corrected chi connectivity index (χ0v) is 12.5. The Morgan fingerprint density at radius 3 is 2.71 bits per heavy atom. The van der Waals surface area contributed by atoms with E-state index in [9.17, 15) is 4.79 Å². The molecule has 2 aromatic rings. The van der Waals surface area contributed by atoms with E-state index in [1.807, 2.05) is 47.5 Å². The Bertz CT molecular complexity index is 626. The van der Waals surface area contributed by atoms with E-state index in [0.29, 0.717) is 24.0 Å². The molecule has 1 aliphatic carbocycles. The summed E-state index contributed by atoms with van der Waals surface area (Å²) in [5.74, 6) is 0.156. The average Bonchev–Trinajstić information content (AvgIpc) is 3.30. The lowest BCUT2D eigenvalue weighted by atomic mass is 10.1. The van der Waals surface area contributed by atoms with Crippen LogP contribution < -0.4 is 0 Å². The van der Waals surface area contributed by atoms with Gasteiger partial charge in [0.05, 0.1) is 6.42 Å². The highest BCUT2D eigenvalue weighted by Gasteiger charge is 2.32. The molecule has 1 aromatic heterocycles. The lowest BCUT2D eigenvalue weighted by Gasteiger charge is -2.22. The van der Waals surface area contributed by atoms with Crippen LogP contribution in [0, 0.1) is 0 Å². The maximum atomic E-state index is 12.6. The molecule has 0 saturated heterocycles. The maximum Gasteiger partial charge on any atom is 0.227 e. The van der Waals surface area contributed by atoms with Crippen molar-refractivity contribution < 1.29 is 4.79 Å². The SMILES string of the molecule is O=C(Cc1cccc(Cl)c1)N(Cc1cccnc1)C1CC1. The summed E-state index contributed by atoms with van der Waals surface area (Å²) >= 11 is 5.98. The Labute approximate surface area is 129 Å². The first-order valence-corrected chi connectivity index (χ1v) is 7.53. The first kappa shape index (κ1) is 14.1. The molecular weight excluding hydrogens is 284 g/mol. The van der Waals surface area contributed by atoms with Crippen molar-refractivity contribution in [3.63, 3.8) is 0 Å². The Balaban J connectivity index is 1.70. The Hall–Kier alpha value is -1.87. The van der Waals surface area contributed by atoms with Crippen molar-refractivity contribution in [1.29, 1.82) is 0 Å². The summed E-state index contributed by atoms with van der Waals surface area (Å²) in [6.07, 6.45) is 6.17. The minimum Gasteiger partial charge on any atom is -0.335 e. The van der Waals surface area contributed by atoms with Crippen LogP contribution in [-0.4, -0.2) is 21.8 Å². The minimum atomic E-state index is 0.156. The fraction of sp³-hybridized carbons (Fsp3) is 0.294. The van der Waals surface area contributed by atoms with Crippen LogP contribution in [0.4, 0.5) is 0 Å². The van der Waals surface area contributed by atoms with E-state index >= 15 is 0 Å². The molecule has 4 heteroatoms. The van der Waals surface area contributed by atoms with Gasteiger partial charge in [0.15, 0.2) is 0 Å². The quantitative estimate of drug-likeness (QED) is 0.847. The number of pyridine rings is 1. The third kappa shape index (κ3) is 3.82. The van der Waals surface area contributed by atoms with Gasteiger partial charge in [-0.1, -0.05) is 29.8 Å². The molecule has 0 spiro atoms. The van der Waals surface area contributed by atoms with Gasteiger partial charge >= 0.3 is 0 Å². The standard InChI is InChI=1S/C17H17ClN2O/c18-15-5-1-3-13(9-15)10-17(21)20(16-6-7-16)12-14-4-2-8-19-11-14/h1-5,8-9,11,16H,6-7,10,12H2. The van der Waals surface area contributed by atoms with E-state index in [-0.39, 0.29) is 5.91 Å². The van der Waals surface area contributed by atoms with Crippen LogP contribution in [0.15, 0.2) is 48.8 Å². The van der Waals surface area contributed by atoms with Crippen LogP contribution >= 0.6 is 11.6 Å². The van der Waals surface area contributed by atoms with Gasteiger partial charge in [-0.3, -0.25) is 9.78 Å². The van der Waals surface area contributed by atoms with Gasteiger partial charge in [-0.25, -0.2) is 0 Å². The molecule has 1 aromatic carbocycles. The molecule has 1 amide bonds. The van der Waals surface area contributed by atoms with Crippen molar-refractivity contribution in [1.82, 2.24) is 9.88 Å². The zero-order chi connectivity index (χ0) is 14.7. The summed E-state index contributed by atoms with van der Waals surface area (Å²) in [7, 11) is 0. The first-order chi connectivity index (χ1) is 10.2. The van der Waals surface area contributed by atoms with Crippen LogP contribution in [0.1, 0.15) is 24.0 Å². The molecule has 1 fully saturated rings. The molecule has 0 radical (unpaired) electrons. The number of rotatable bonds is 5. The molecule has 0 unspecified atom stereocenters. The second kappa shape index (κ2) is 6.27. The average molecular weight is 301 g/mol. The Kier molecular flexibility index (Phi) is 4.20. The summed E-state index contributed by atoms with van der Waals surface area (Å²) in [5.41, 5.74) is 2.04. The van der Waals surface area contributed by atoms with Crippen molar-refractivity contribution in [3.8, 4) is 0 Å². The third-order valence-corrected chi connectivity index (χ3v) is 3.86. The predicted octanol–water partition coefficient (Wildman–Crippen LogP) is 3.47. The van der Waals surface area contributed by atoms with Crippen LogP contribution in [0.2, 0.25) is 5.02 Å². The van der Waals surface area contributed by atoms with Gasteiger partial charge in [-0.15, -0.1) is 0 Å². The van der Waals surface area contributed by atoms with Crippen molar-refractivity contribution in [2.45, 2.75) is 31.8 Å². The molecule has 3 nitrogen and oxygen atoms in total. The number of hydrogen-bond acceptors (Lipinski definition) is 2. The van der Waals surface area contributed by atoms with E-state index in [2.05, 4.69) is 4.98 Å². The summed E-state index contributed by atoms with van der Waals surface area (Å²) in [6.45, 7) is 0.637. The van der Waals surface area contributed by atoms with Gasteiger partial charge in [0.1, 0.15) is 0 Å². The summed E-state index contributed by atoms with van der Waals surface area (Å²) in [6, 6.07) is 11.8. The molecule has 3 rings (SSSR count). The van der Waals surface area contributed by atoms with Gasteiger partial charge in [-0.2, -0.15) is 0 Å². The first-order valence-electron chi connectivity index (χ1n) is 7.15. The zero-order valence-electron chi connectivity index (χ0n) is 11.7. The molecule has 108 valence electrons. The molecule has 0 N–H and O–H groups in total. The smallest absolute Gasteiger partial charge is 0.227 e. The molecule has 21 heavy (non-hydrogen) atoms. The van der Waals surface area contributed by atoms with Crippen LogP contribution in [-0.2, 0) is 17.8 Å². The monoisotopic (exact) mass is 300 g/mol. The number of carbonyl (C=O) groups is 1. The van der Waals surface area contributed by atoms with Crippen LogP contribution in [0.25, 0.3) is 0 Å². The summed E-state index contributed by atoms with van der Waals surface area (Å²) in [5, 5.41) is 0.672. The van der Waals surface area contributed by atoms with Gasteiger partial charge < -0.3 is 4.90 Å².